The number of hydrogen-bond donors (Lipinski definition) is 0. The summed E-state index contributed by atoms with van der Waals surface area (Å²) in [6.07, 6.45) is 1.67. The van der Waals surface area contributed by atoms with Gasteiger partial charge in [0, 0.05) is 6.20 Å². The molecule has 0 N–H and O–H groups in total. The number of ether oxygens (including phenoxy) is 1. The Labute approximate surface area is 75.1 Å². The molecule has 2 heterocycles. The molecule has 0 spiro atoms. The van der Waals surface area contributed by atoms with Gasteiger partial charge in [-0.25, -0.2) is 9.98 Å². The van der Waals surface area contributed by atoms with Crippen LogP contribution in [0.15, 0.2) is 23.3 Å². The number of aliphatic imine (C=N–C) groups is 1. The van der Waals surface area contributed by atoms with Gasteiger partial charge in [0.1, 0.15) is 12.3 Å². The van der Waals surface area contributed by atoms with Crippen LogP contribution in [0, 0.1) is 0 Å². The van der Waals surface area contributed by atoms with Gasteiger partial charge in [-0.05, 0) is 12.1 Å². The van der Waals surface area contributed by atoms with Crippen LogP contribution in [-0.2, 0) is 4.74 Å². The molecular weight excluding hydrogens is 176 g/mol. The summed E-state index contributed by atoms with van der Waals surface area (Å²) in [6.45, 7) is 1.32. The van der Waals surface area contributed by atoms with Crippen LogP contribution in [0.2, 0.25) is 5.02 Å². The molecule has 0 radical (unpaired) electrons. The average molecular weight is 183 g/mol. The predicted octanol–water partition coefficient (Wildman–Crippen LogP) is 1.51. The van der Waals surface area contributed by atoms with Crippen LogP contribution in [0.5, 0.6) is 0 Å². The van der Waals surface area contributed by atoms with Crippen molar-refractivity contribution in [1.82, 2.24) is 4.98 Å². The summed E-state index contributed by atoms with van der Waals surface area (Å²) in [5.41, 5.74) is 0.636. The van der Waals surface area contributed by atoms with Gasteiger partial charge in [-0.1, -0.05) is 11.6 Å². The normalized spacial score (nSPS) is 15.6. The van der Waals surface area contributed by atoms with E-state index in [4.69, 9.17) is 16.3 Å². The fourth-order valence-corrected chi connectivity index (χ4v) is 1.22. The van der Waals surface area contributed by atoms with Crippen molar-refractivity contribution in [3.05, 3.63) is 29.0 Å². The van der Waals surface area contributed by atoms with Crippen molar-refractivity contribution in [2.24, 2.45) is 4.99 Å². The zero-order valence-corrected chi connectivity index (χ0v) is 7.08. The molecule has 0 bridgehead atoms. The zero-order valence-electron chi connectivity index (χ0n) is 6.33. The van der Waals surface area contributed by atoms with Crippen molar-refractivity contribution < 1.29 is 4.74 Å². The Hall–Kier alpha value is -1.09. The first kappa shape index (κ1) is 7.55. The molecule has 1 aromatic heterocycles. The van der Waals surface area contributed by atoms with E-state index in [9.17, 15) is 0 Å². The molecule has 0 fully saturated rings. The van der Waals surface area contributed by atoms with Crippen molar-refractivity contribution in [2.45, 2.75) is 0 Å². The van der Waals surface area contributed by atoms with Gasteiger partial charge in [-0.3, -0.25) is 0 Å². The molecule has 3 nitrogen and oxygen atoms in total. The second kappa shape index (κ2) is 3.11. The molecular formula is C8H7ClN2O. The second-order valence-electron chi connectivity index (χ2n) is 2.37. The molecule has 1 aliphatic rings. The number of nitrogens with zero attached hydrogens (tertiary/aromatic N) is 2. The third-order valence-electron chi connectivity index (χ3n) is 1.55. The standard InChI is InChI=1S/C8H7ClN2O/c9-6-2-1-3-10-7(6)8-11-4-5-12-8/h1-3H,4-5H2. The number of pyridine rings is 1. The third kappa shape index (κ3) is 1.28. The van der Waals surface area contributed by atoms with E-state index in [2.05, 4.69) is 9.98 Å². The van der Waals surface area contributed by atoms with E-state index in [1.807, 2.05) is 0 Å². The summed E-state index contributed by atoms with van der Waals surface area (Å²) in [5, 5.41) is 0.582. The lowest BCUT2D eigenvalue weighted by Gasteiger charge is -2.01. The lowest BCUT2D eigenvalue weighted by atomic mass is 10.3. The Kier molecular flexibility index (Phi) is 1.96. The van der Waals surface area contributed by atoms with Crippen LogP contribution in [0.4, 0.5) is 0 Å². The molecule has 0 atom stereocenters. The van der Waals surface area contributed by atoms with Crippen molar-refractivity contribution in [3.8, 4) is 0 Å². The van der Waals surface area contributed by atoms with Crippen LogP contribution in [-0.4, -0.2) is 24.0 Å². The quantitative estimate of drug-likeness (QED) is 0.660. The minimum absolute atomic E-state index is 0.556. The monoisotopic (exact) mass is 182 g/mol. The summed E-state index contributed by atoms with van der Waals surface area (Å²) < 4.78 is 5.22. The smallest absolute Gasteiger partial charge is 0.237 e. The first-order chi connectivity index (χ1) is 5.88. The Balaban J connectivity index is 2.39. The van der Waals surface area contributed by atoms with Crippen LogP contribution in [0.3, 0.4) is 0 Å². The van der Waals surface area contributed by atoms with Gasteiger partial charge in [-0.15, -0.1) is 0 Å². The molecule has 0 aromatic carbocycles. The summed E-state index contributed by atoms with van der Waals surface area (Å²) in [7, 11) is 0. The Morgan fingerprint density at radius 2 is 2.42 bits per heavy atom. The van der Waals surface area contributed by atoms with Crippen molar-refractivity contribution in [3.63, 3.8) is 0 Å². The zero-order chi connectivity index (χ0) is 8.39. The van der Waals surface area contributed by atoms with E-state index in [1.54, 1.807) is 18.3 Å². The van der Waals surface area contributed by atoms with Crippen LogP contribution < -0.4 is 0 Å². The minimum Gasteiger partial charge on any atom is -0.474 e. The highest BCUT2D eigenvalue weighted by atomic mass is 35.5. The van der Waals surface area contributed by atoms with Crippen LogP contribution in [0.1, 0.15) is 5.69 Å². The summed E-state index contributed by atoms with van der Waals surface area (Å²) in [5.74, 6) is 0.556. The fraction of sp³-hybridized carbons (Fsp3) is 0.250. The lowest BCUT2D eigenvalue weighted by molar-refractivity contribution is 0.347. The maximum Gasteiger partial charge on any atom is 0.237 e. The van der Waals surface area contributed by atoms with Crippen LogP contribution >= 0.6 is 11.6 Å². The van der Waals surface area contributed by atoms with Gasteiger partial charge in [0.05, 0.1) is 11.6 Å². The molecule has 0 saturated carbocycles. The molecule has 12 heavy (non-hydrogen) atoms. The Morgan fingerprint density at radius 1 is 1.50 bits per heavy atom. The van der Waals surface area contributed by atoms with E-state index in [-0.39, 0.29) is 0 Å². The van der Waals surface area contributed by atoms with E-state index < -0.39 is 0 Å². The predicted molar refractivity (Wildman–Crippen MR) is 46.6 cm³/mol. The van der Waals surface area contributed by atoms with Crippen LogP contribution in [0.25, 0.3) is 0 Å². The Morgan fingerprint density at radius 3 is 3.08 bits per heavy atom. The fourth-order valence-electron chi connectivity index (χ4n) is 1.02. The molecule has 0 saturated heterocycles. The molecule has 0 aliphatic carbocycles. The van der Waals surface area contributed by atoms with Gasteiger partial charge >= 0.3 is 0 Å². The van der Waals surface area contributed by atoms with Gasteiger partial charge in [0.15, 0.2) is 0 Å². The highest BCUT2D eigenvalue weighted by Gasteiger charge is 2.14. The summed E-state index contributed by atoms with van der Waals surface area (Å²) in [4.78, 5) is 8.19. The molecule has 1 aliphatic heterocycles. The first-order valence-corrected chi connectivity index (χ1v) is 4.04. The van der Waals surface area contributed by atoms with E-state index >= 15 is 0 Å². The lowest BCUT2D eigenvalue weighted by Crippen LogP contribution is -2.04. The molecule has 62 valence electrons. The molecule has 2 rings (SSSR count). The number of rotatable bonds is 1. The molecule has 0 unspecified atom stereocenters. The first-order valence-electron chi connectivity index (χ1n) is 3.66. The summed E-state index contributed by atoms with van der Waals surface area (Å²) in [6, 6.07) is 3.55. The summed E-state index contributed by atoms with van der Waals surface area (Å²) >= 11 is 5.88. The maximum atomic E-state index is 5.88. The number of hydrogen-bond acceptors (Lipinski definition) is 3. The van der Waals surface area contributed by atoms with E-state index in [0.29, 0.717) is 29.8 Å². The van der Waals surface area contributed by atoms with Crippen molar-refractivity contribution in [1.29, 1.82) is 0 Å². The van der Waals surface area contributed by atoms with E-state index in [1.165, 1.54) is 0 Å². The Bertz CT molecular complexity index is 325. The molecule has 0 amide bonds. The number of aromatic nitrogens is 1. The highest BCUT2D eigenvalue weighted by molar-refractivity contribution is 6.33. The van der Waals surface area contributed by atoms with Gasteiger partial charge in [0.2, 0.25) is 5.90 Å². The highest BCUT2D eigenvalue weighted by Crippen LogP contribution is 2.15. The van der Waals surface area contributed by atoms with E-state index in [0.717, 1.165) is 0 Å². The second-order valence-corrected chi connectivity index (χ2v) is 2.78. The van der Waals surface area contributed by atoms with Gasteiger partial charge in [0.25, 0.3) is 0 Å². The largest absolute Gasteiger partial charge is 0.474 e. The molecule has 1 aromatic rings. The maximum absolute atomic E-state index is 5.88. The van der Waals surface area contributed by atoms with Gasteiger partial charge in [-0.2, -0.15) is 0 Å². The topological polar surface area (TPSA) is 34.5 Å². The van der Waals surface area contributed by atoms with Crippen molar-refractivity contribution in [2.75, 3.05) is 13.2 Å². The third-order valence-corrected chi connectivity index (χ3v) is 1.85. The molecule has 4 heteroatoms. The van der Waals surface area contributed by atoms with Gasteiger partial charge < -0.3 is 4.74 Å². The minimum atomic E-state index is 0.556. The SMILES string of the molecule is Clc1cccnc1C1=NCCO1. The number of halogens is 1. The average Bonchev–Trinajstić information content (AvgIpc) is 2.57. The van der Waals surface area contributed by atoms with Crippen molar-refractivity contribution >= 4 is 17.5 Å².